The summed E-state index contributed by atoms with van der Waals surface area (Å²) in [7, 11) is 0. The topological polar surface area (TPSA) is 29.9 Å². The highest BCUT2D eigenvalue weighted by Crippen LogP contribution is 2.26. The molecule has 3 nitrogen and oxygen atoms in total. The van der Waals surface area contributed by atoms with E-state index in [2.05, 4.69) is 34.9 Å². The van der Waals surface area contributed by atoms with Crippen LogP contribution < -0.4 is 5.32 Å². The van der Waals surface area contributed by atoms with Crippen molar-refractivity contribution in [2.24, 2.45) is 5.92 Å². The fraction of sp³-hybridized carbons (Fsp3) is 0.700. The zero-order chi connectivity index (χ0) is 9.26. The van der Waals surface area contributed by atoms with Gasteiger partial charge in [0.05, 0.1) is 0 Å². The summed E-state index contributed by atoms with van der Waals surface area (Å²) in [5.74, 6) is 2.57. The van der Waals surface area contributed by atoms with Crippen LogP contribution in [-0.2, 0) is 6.54 Å². The number of aromatic nitrogens is 2. The lowest BCUT2D eigenvalue weighted by Gasteiger charge is -2.14. The minimum absolute atomic E-state index is 0.606. The van der Waals surface area contributed by atoms with Crippen LogP contribution in [0, 0.1) is 5.92 Å². The number of nitrogens with zero attached hydrogens (tertiary/aromatic N) is 2. The summed E-state index contributed by atoms with van der Waals surface area (Å²) in [6.07, 6.45) is 3.98. The average molecular weight is 179 g/mol. The molecule has 2 unspecified atom stereocenters. The van der Waals surface area contributed by atoms with Crippen molar-refractivity contribution in [3.63, 3.8) is 0 Å². The molecule has 0 saturated carbocycles. The predicted octanol–water partition coefficient (Wildman–Crippen LogP) is 1.23. The van der Waals surface area contributed by atoms with E-state index in [0.29, 0.717) is 11.8 Å². The van der Waals surface area contributed by atoms with Gasteiger partial charge in [-0.25, -0.2) is 4.98 Å². The largest absolute Gasteiger partial charge is 0.335 e. The van der Waals surface area contributed by atoms with Gasteiger partial charge in [-0.2, -0.15) is 0 Å². The highest BCUT2D eigenvalue weighted by atomic mass is 15.1. The maximum absolute atomic E-state index is 4.44. The Kier molecular flexibility index (Phi) is 2.36. The van der Waals surface area contributed by atoms with E-state index in [1.54, 1.807) is 0 Å². The molecule has 0 radical (unpaired) electrons. The fourth-order valence-corrected chi connectivity index (χ4v) is 2.07. The lowest BCUT2D eigenvalue weighted by Crippen LogP contribution is -2.14. The van der Waals surface area contributed by atoms with Gasteiger partial charge in [0, 0.05) is 31.4 Å². The van der Waals surface area contributed by atoms with E-state index in [4.69, 9.17) is 0 Å². The molecule has 0 amide bonds. The van der Waals surface area contributed by atoms with Gasteiger partial charge in [-0.3, -0.25) is 0 Å². The third kappa shape index (κ3) is 1.48. The van der Waals surface area contributed by atoms with Crippen LogP contribution in [0.5, 0.6) is 0 Å². The number of hydrogen-bond acceptors (Lipinski definition) is 2. The Morgan fingerprint density at radius 1 is 1.62 bits per heavy atom. The Labute approximate surface area is 79.2 Å². The number of hydrogen-bond donors (Lipinski definition) is 1. The summed E-state index contributed by atoms with van der Waals surface area (Å²) < 4.78 is 2.24. The van der Waals surface area contributed by atoms with E-state index in [-0.39, 0.29) is 0 Å². The van der Waals surface area contributed by atoms with Crippen LogP contribution in [-0.4, -0.2) is 22.6 Å². The van der Waals surface area contributed by atoms with Crippen molar-refractivity contribution in [2.45, 2.75) is 26.3 Å². The standard InChI is InChI=1S/C10H17N3/c1-3-13-5-4-12-10(13)9-7-11-6-8(9)2/h4-5,8-9,11H,3,6-7H2,1-2H3. The molecule has 2 atom stereocenters. The average Bonchev–Trinajstić information content (AvgIpc) is 2.71. The highest BCUT2D eigenvalue weighted by molar-refractivity contribution is 5.06. The molecule has 0 aliphatic carbocycles. The van der Waals surface area contributed by atoms with Crippen molar-refractivity contribution < 1.29 is 0 Å². The van der Waals surface area contributed by atoms with Crippen molar-refractivity contribution in [3.05, 3.63) is 18.2 Å². The zero-order valence-electron chi connectivity index (χ0n) is 8.33. The first-order valence-electron chi connectivity index (χ1n) is 5.04. The monoisotopic (exact) mass is 179 g/mol. The second kappa shape index (κ2) is 3.50. The summed E-state index contributed by atoms with van der Waals surface area (Å²) in [5, 5.41) is 3.41. The molecule has 0 bridgehead atoms. The SMILES string of the molecule is CCn1ccnc1C1CNCC1C. The van der Waals surface area contributed by atoms with E-state index < -0.39 is 0 Å². The van der Waals surface area contributed by atoms with Crippen LogP contribution in [0.2, 0.25) is 0 Å². The molecule has 1 aromatic heterocycles. The van der Waals surface area contributed by atoms with Crippen molar-refractivity contribution in [1.29, 1.82) is 0 Å². The van der Waals surface area contributed by atoms with Crippen LogP contribution in [0.25, 0.3) is 0 Å². The van der Waals surface area contributed by atoms with Crippen LogP contribution >= 0.6 is 0 Å². The van der Waals surface area contributed by atoms with Gasteiger partial charge in [-0.1, -0.05) is 6.92 Å². The Bertz CT molecular complexity index is 279. The summed E-state index contributed by atoms with van der Waals surface area (Å²) in [4.78, 5) is 4.44. The highest BCUT2D eigenvalue weighted by Gasteiger charge is 2.27. The van der Waals surface area contributed by atoms with Gasteiger partial charge >= 0.3 is 0 Å². The first kappa shape index (κ1) is 8.75. The first-order chi connectivity index (χ1) is 6.33. The second-order valence-corrected chi connectivity index (χ2v) is 3.81. The second-order valence-electron chi connectivity index (χ2n) is 3.81. The van der Waals surface area contributed by atoms with Gasteiger partial charge in [-0.15, -0.1) is 0 Å². The molecule has 2 rings (SSSR count). The summed E-state index contributed by atoms with van der Waals surface area (Å²) >= 11 is 0. The van der Waals surface area contributed by atoms with Crippen molar-refractivity contribution in [3.8, 4) is 0 Å². The zero-order valence-corrected chi connectivity index (χ0v) is 8.33. The Morgan fingerprint density at radius 2 is 2.46 bits per heavy atom. The molecule has 1 fully saturated rings. The molecule has 1 aromatic rings. The number of rotatable bonds is 2. The first-order valence-corrected chi connectivity index (χ1v) is 5.04. The van der Waals surface area contributed by atoms with E-state index in [1.807, 2.05) is 6.20 Å². The molecule has 0 aromatic carbocycles. The summed E-state index contributed by atoms with van der Waals surface area (Å²) in [6.45, 7) is 7.69. The molecular formula is C10H17N3. The van der Waals surface area contributed by atoms with E-state index in [0.717, 1.165) is 19.6 Å². The third-order valence-corrected chi connectivity index (χ3v) is 2.94. The Balaban J connectivity index is 2.23. The van der Waals surface area contributed by atoms with Crippen molar-refractivity contribution in [2.75, 3.05) is 13.1 Å². The third-order valence-electron chi connectivity index (χ3n) is 2.94. The lowest BCUT2D eigenvalue weighted by atomic mass is 9.97. The van der Waals surface area contributed by atoms with Crippen LogP contribution in [0.1, 0.15) is 25.6 Å². The minimum atomic E-state index is 0.606. The van der Waals surface area contributed by atoms with Gasteiger partial charge in [0.15, 0.2) is 0 Å². The Hall–Kier alpha value is -0.830. The maximum Gasteiger partial charge on any atom is 0.113 e. The van der Waals surface area contributed by atoms with E-state index >= 15 is 0 Å². The van der Waals surface area contributed by atoms with Gasteiger partial charge in [0.1, 0.15) is 5.82 Å². The number of imidazole rings is 1. The lowest BCUT2D eigenvalue weighted by molar-refractivity contribution is 0.518. The molecule has 1 aliphatic heterocycles. The van der Waals surface area contributed by atoms with Gasteiger partial charge in [-0.05, 0) is 19.4 Å². The van der Waals surface area contributed by atoms with Crippen molar-refractivity contribution >= 4 is 0 Å². The van der Waals surface area contributed by atoms with Crippen LogP contribution in [0.3, 0.4) is 0 Å². The number of aryl methyl sites for hydroxylation is 1. The van der Waals surface area contributed by atoms with E-state index in [1.165, 1.54) is 5.82 Å². The number of nitrogens with one attached hydrogen (secondary N) is 1. The molecule has 2 heterocycles. The Morgan fingerprint density at radius 3 is 3.08 bits per heavy atom. The molecular weight excluding hydrogens is 162 g/mol. The molecule has 1 saturated heterocycles. The molecule has 0 spiro atoms. The fourth-order valence-electron chi connectivity index (χ4n) is 2.07. The van der Waals surface area contributed by atoms with Gasteiger partial charge in [0.25, 0.3) is 0 Å². The minimum Gasteiger partial charge on any atom is -0.335 e. The van der Waals surface area contributed by atoms with E-state index in [9.17, 15) is 0 Å². The molecule has 72 valence electrons. The predicted molar refractivity (Wildman–Crippen MR) is 52.7 cm³/mol. The summed E-state index contributed by atoms with van der Waals surface area (Å²) in [6, 6.07) is 0. The van der Waals surface area contributed by atoms with Crippen molar-refractivity contribution in [1.82, 2.24) is 14.9 Å². The maximum atomic E-state index is 4.44. The molecule has 1 N–H and O–H groups in total. The molecule has 13 heavy (non-hydrogen) atoms. The van der Waals surface area contributed by atoms with Gasteiger partial charge in [0.2, 0.25) is 0 Å². The van der Waals surface area contributed by atoms with Crippen LogP contribution in [0.4, 0.5) is 0 Å². The van der Waals surface area contributed by atoms with Gasteiger partial charge < -0.3 is 9.88 Å². The van der Waals surface area contributed by atoms with Crippen LogP contribution in [0.15, 0.2) is 12.4 Å². The quantitative estimate of drug-likeness (QED) is 0.740. The molecule has 3 heteroatoms. The molecule has 1 aliphatic rings. The normalized spacial score (nSPS) is 28.2. The summed E-state index contributed by atoms with van der Waals surface area (Å²) in [5.41, 5.74) is 0. The smallest absolute Gasteiger partial charge is 0.113 e.